The zero-order valence-corrected chi connectivity index (χ0v) is 10.1. The van der Waals surface area contributed by atoms with Gasteiger partial charge in [0.25, 0.3) is 0 Å². The third kappa shape index (κ3) is 1.58. The first-order chi connectivity index (χ1) is 8.66. The van der Waals surface area contributed by atoms with Crippen molar-refractivity contribution in [3.05, 3.63) is 58.0 Å². The fraction of sp³-hybridized carbons (Fsp3) is 0. The number of hydrogen-bond donors (Lipinski definition) is 2. The van der Waals surface area contributed by atoms with Gasteiger partial charge in [-0.05, 0) is 30.3 Å². The molecule has 0 bridgehead atoms. The Morgan fingerprint density at radius 3 is 2.78 bits per heavy atom. The van der Waals surface area contributed by atoms with Crippen molar-refractivity contribution in [1.82, 2.24) is 9.55 Å². The van der Waals surface area contributed by atoms with Crippen LogP contribution in [0.4, 0.5) is 5.69 Å². The van der Waals surface area contributed by atoms with Gasteiger partial charge >= 0.3 is 5.69 Å². The maximum atomic E-state index is 12.0. The molecule has 0 aliphatic carbocycles. The van der Waals surface area contributed by atoms with E-state index in [4.69, 9.17) is 17.3 Å². The average molecular weight is 260 g/mol. The Morgan fingerprint density at radius 2 is 1.94 bits per heavy atom. The monoisotopic (exact) mass is 259 g/mol. The number of benzene rings is 2. The molecule has 4 nitrogen and oxygen atoms in total. The van der Waals surface area contributed by atoms with Gasteiger partial charge < -0.3 is 10.7 Å². The number of aromatic nitrogens is 2. The molecule has 0 atom stereocenters. The van der Waals surface area contributed by atoms with E-state index in [0.29, 0.717) is 16.4 Å². The van der Waals surface area contributed by atoms with E-state index in [1.54, 1.807) is 18.2 Å². The van der Waals surface area contributed by atoms with Crippen LogP contribution >= 0.6 is 11.6 Å². The third-order valence-corrected chi connectivity index (χ3v) is 3.12. The van der Waals surface area contributed by atoms with Crippen molar-refractivity contribution in [3.8, 4) is 5.69 Å². The average Bonchev–Trinajstić information content (AvgIpc) is 2.68. The third-order valence-electron chi connectivity index (χ3n) is 2.80. The summed E-state index contributed by atoms with van der Waals surface area (Å²) >= 11 is 6.13. The molecular formula is C13H10ClN3O. The lowest BCUT2D eigenvalue weighted by Gasteiger charge is -2.06. The number of nitrogens with two attached hydrogens (primary N) is 1. The Morgan fingerprint density at radius 1 is 1.17 bits per heavy atom. The van der Waals surface area contributed by atoms with Crippen molar-refractivity contribution in [2.24, 2.45) is 0 Å². The van der Waals surface area contributed by atoms with E-state index in [1.807, 2.05) is 24.3 Å². The number of para-hydroxylation sites is 2. The number of H-pyrrole nitrogens is 1. The molecule has 0 aliphatic heterocycles. The van der Waals surface area contributed by atoms with Crippen molar-refractivity contribution < 1.29 is 0 Å². The summed E-state index contributed by atoms with van der Waals surface area (Å²) in [6, 6.07) is 12.5. The molecule has 5 heteroatoms. The maximum absolute atomic E-state index is 12.0. The second-order valence-corrected chi connectivity index (χ2v) is 4.40. The lowest BCUT2D eigenvalue weighted by molar-refractivity contribution is 1.02. The molecule has 0 saturated carbocycles. The van der Waals surface area contributed by atoms with E-state index in [2.05, 4.69) is 4.98 Å². The number of anilines is 1. The molecule has 90 valence electrons. The van der Waals surface area contributed by atoms with Gasteiger partial charge in [-0.15, -0.1) is 0 Å². The molecule has 0 spiro atoms. The SMILES string of the molecule is Nc1ccc(Cl)c(-n2c(=O)[nH]c3ccccc32)c1. The van der Waals surface area contributed by atoms with E-state index >= 15 is 0 Å². The van der Waals surface area contributed by atoms with Crippen LogP contribution in [0.5, 0.6) is 0 Å². The first kappa shape index (κ1) is 10.9. The first-order valence-corrected chi connectivity index (χ1v) is 5.80. The second-order valence-electron chi connectivity index (χ2n) is 3.99. The summed E-state index contributed by atoms with van der Waals surface area (Å²) in [5.41, 5.74) is 8.19. The molecule has 3 N–H and O–H groups in total. The largest absolute Gasteiger partial charge is 0.399 e. The van der Waals surface area contributed by atoms with Crippen molar-refractivity contribution in [2.45, 2.75) is 0 Å². The van der Waals surface area contributed by atoms with Gasteiger partial charge in [-0.3, -0.25) is 4.57 Å². The summed E-state index contributed by atoms with van der Waals surface area (Å²) in [7, 11) is 0. The first-order valence-electron chi connectivity index (χ1n) is 5.42. The number of nitrogens with zero attached hydrogens (tertiary/aromatic N) is 1. The van der Waals surface area contributed by atoms with Crippen molar-refractivity contribution in [3.63, 3.8) is 0 Å². The number of rotatable bonds is 1. The molecule has 18 heavy (non-hydrogen) atoms. The van der Waals surface area contributed by atoms with Crippen LogP contribution in [-0.4, -0.2) is 9.55 Å². The van der Waals surface area contributed by atoms with Crippen LogP contribution in [-0.2, 0) is 0 Å². The van der Waals surface area contributed by atoms with Crippen molar-refractivity contribution in [1.29, 1.82) is 0 Å². The highest BCUT2D eigenvalue weighted by atomic mass is 35.5. The van der Waals surface area contributed by atoms with E-state index in [9.17, 15) is 4.79 Å². The molecular weight excluding hydrogens is 250 g/mol. The number of nitrogens with one attached hydrogen (secondary N) is 1. The minimum absolute atomic E-state index is 0.233. The molecule has 0 unspecified atom stereocenters. The number of nitrogen functional groups attached to an aromatic ring is 1. The van der Waals surface area contributed by atoms with E-state index in [-0.39, 0.29) is 5.69 Å². The number of hydrogen-bond acceptors (Lipinski definition) is 2. The molecule has 3 aromatic rings. The predicted molar refractivity (Wildman–Crippen MR) is 73.3 cm³/mol. The molecule has 1 heterocycles. The van der Waals surface area contributed by atoms with Crippen LogP contribution in [0.15, 0.2) is 47.3 Å². The predicted octanol–water partition coefficient (Wildman–Crippen LogP) is 2.55. The van der Waals surface area contributed by atoms with Gasteiger partial charge in [0, 0.05) is 5.69 Å². The molecule has 0 radical (unpaired) electrons. The quantitative estimate of drug-likeness (QED) is 0.660. The summed E-state index contributed by atoms with van der Waals surface area (Å²) in [5, 5.41) is 0.482. The van der Waals surface area contributed by atoms with Gasteiger partial charge in [-0.25, -0.2) is 4.79 Å². The highest BCUT2D eigenvalue weighted by Crippen LogP contribution is 2.24. The Kier molecular flexibility index (Phi) is 2.38. The number of imidazole rings is 1. The van der Waals surface area contributed by atoms with Gasteiger partial charge in [0.15, 0.2) is 0 Å². The fourth-order valence-corrected chi connectivity index (χ4v) is 2.20. The van der Waals surface area contributed by atoms with Gasteiger partial charge in [-0.1, -0.05) is 23.7 Å². The maximum Gasteiger partial charge on any atom is 0.331 e. The zero-order chi connectivity index (χ0) is 12.7. The summed E-state index contributed by atoms with van der Waals surface area (Å²) in [4.78, 5) is 14.8. The van der Waals surface area contributed by atoms with Crippen LogP contribution in [0.2, 0.25) is 5.02 Å². The van der Waals surface area contributed by atoms with E-state index in [1.165, 1.54) is 4.57 Å². The Hall–Kier alpha value is -2.20. The van der Waals surface area contributed by atoms with Crippen molar-refractivity contribution in [2.75, 3.05) is 5.73 Å². The van der Waals surface area contributed by atoms with E-state index < -0.39 is 0 Å². The summed E-state index contributed by atoms with van der Waals surface area (Å²) in [6.45, 7) is 0. The molecule has 3 rings (SSSR count). The van der Waals surface area contributed by atoms with Crippen LogP contribution < -0.4 is 11.4 Å². The molecule has 1 aromatic heterocycles. The van der Waals surface area contributed by atoms with Gasteiger partial charge in [0.2, 0.25) is 0 Å². The van der Waals surface area contributed by atoms with Gasteiger partial charge in [0.05, 0.1) is 21.7 Å². The van der Waals surface area contributed by atoms with Gasteiger partial charge in [-0.2, -0.15) is 0 Å². The normalized spacial score (nSPS) is 10.9. The van der Waals surface area contributed by atoms with Gasteiger partial charge in [0.1, 0.15) is 0 Å². The lowest BCUT2D eigenvalue weighted by atomic mass is 10.2. The lowest BCUT2D eigenvalue weighted by Crippen LogP contribution is -2.15. The smallest absolute Gasteiger partial charge is 0.331 e. The number of fused-ring (bicyclic) bond motifs is 1. The molecule has 0 amide bonds. The molecule has 0 fully saturated rings. The fourth-order valence-electron chi connectivity index (χ4n) is 2.00. The number of aromatic amines is 1. The Bertz CT molecular complexity index is 788. The standard InChI is InChI=1S/C13H10ClN3O/c14-9-6-5-8(15)7-12(9)17-11-4-2-1-3-10(11)16-13(17)18/h1-7H,15H2,(H,16,18). The topological polar surface area (TPSA) is 63.8 Å². The molecule has 0 saturated heterocycles. The minimum Gasteiger partial charge on any atom is -0.399 e. The van der Waals surface area contributed by atoms with Crippen LogP contribution in [0.3, 0.4) is 0 Å². The second kappa shape index (κ2) is 3.92. The summed E-state index contributed by atoms with van der Waals surface area (Å²) in [5.74, 6) is 0. The Labute approximate surface area is 108 Å². The van der Waals surface area contributed by atoms with E-state index in [0.717, 1.165) is 11.0 Å². The minimum atomic E-state index is -0.233. The molecule has 0 aliphatic rings. The highest BCUT2D eigenvalue weighted by Gasteiger charge is 2.11. The number of halogens is 1. The van der Waals surface area contributed by atoms with Crippen LogP contribution in [0.25, 0.3) is 16.7 Å². The van der Waals surface area contributed by atoms with Crippen LogP contribution in [0.1, 0.15) is 0 Å². The summed E-state index contributed by atoms with van der Waals surface area (Å²) < 4.78 is 1.52. The summed E-state index contributed by atoms with van der Waals surface area (Å²) in [6.07, 6.45) is 0. The van der Waals surface area contributed by atoms with Crippen LogP contribution in [0, 0.1) is 0 Å². The molecule has 2 aromatic carbocycles. The highest BCUT2D eigenvalue weighted by molar-refractivity contribution is 6.32. The van der Waals surface area contributed by atoms with Crippen molar-refractivity contribution >= 4 is 28.3 Å². The zero-order valence-electron chi connectivity index (χ0n) is 9.35. The Balaban J connectivity index is 2.41.